The van der Waals surface area contributed by atoms with Gasteiger partial charge in [0.1, 0.15) is 5.01 Å². The Labute approximate surface area is 121 Å². The minimum Gasteiger partial charge on any atom is -0.494 e. The normalized spacial score (nSPS) is 19.0. The summed E-state index contributed by atoms with van der Waals surface area (Å²) in [5.41, 5.74) is 1.63. The lowest BCUT2D eigenvalue weighted by atomic mass is 10.1. The van der Waals surface area contributed by atoms with Crippen LogP contribution in [0.25, 0.3) is 11.3 Å². The number of methoxy groups -OCH3 is 1. The van der Waals surface area contributed by atoms with Gasteiger partial charge in [-0.3, -0.25) is 0 Å². The van der Waals surface area contributed by atoms with Crippen molar-refractivity contribution in [2.75, 3.05) is 13.7 Å². The first-order valence-corrected chi connectivity index (χ1v) is 7.68. The molecule has 0 bridgehead atoms. The van der Waals surface area contributed by atoms with Gasteiger partial charge in [-0.2, -0.15) is 0 Å². The van der Waals surface area contributed by atoms with Crippen LogP contribution in [0.3, 0.4) is 0 Å². The molecule has 0 spiro atoms. The highest BCUT2D eigenvalue weighted by molar-refractivity contribution is 7.10. The van der Waals surface area contributed by atoms with Crippen molar-refractivity contribution in [3.05, 3.63) is 34.4 Å². The average molecular weight is 292 g/mol. The van der Waals surface area contributed by atoms with E-state index in [0.29, 0.717) is 6.04 Å². The van der Waals surface area contributed by atoms with Crippen LogP contribution in [0.4, 0.5) is 4.39 Å². The number of ether oxygens (including phenoxy) is 1. The number of aromatic nitrogens is 1. The Kier molecular flexibility index (Phi) is 3.98. The topological polar surface area (TPSA) is 34.1 Å². The molecule has 0 aliphatic carbocycles. The summed E-state index contributed by atoms with van der Waals surface area (Å²) in [6, 6.07) is 5.31. The molecule has 1 aromatic heterocycles. The number of piperidine rings is 1. The van der Waals surface area contributed by atoms with Gasteiger partial charge >= 0.3 is 0 Å². The highest BCUT2D eigenvalue weighted by Gasteiger charge is 2.18. The Bertz CT molecular complexity index is 593. The Morgan fingerprint density at radius 1 is 1.40 bits per heavy atom. The van der Waals surface area contributed by atoms with Gasteiger partial charge in [0.05, 0.1) is 18.8 Å². The van der Waals surface area contributed by atoms with E-state index in [2.05, 4.69) is 10.3 Å². The molecular weight excluding hydrogens is 275 g/mol. The summed E-state index contributed by atoms with van der Waals surface area (Å²) in [6.07, 6.45) is 3.60. The summed E-state index contributed by atoms with van der Waals surface area (Å²) in [5.74, 6) is -0.0894. The first-order valence-electron chi connectivity index (χ1n) is 6.80. The van der Waals surface area contributed by atoms with Crippen LogP contribution in [0.2, 0.25) is 0 Å². The minimum atomic E-state index is -0.352. The number of hydrogen-bond donors (Lipinski definition) is 1. The Morgan fingerprint density at radius 3 is 3.00 bits per heavy atom. The van der Waals surface area contributed by atoms with E-state index in [-0.39, 0.29) is 11.6 Å². The number of nitrogens with one attached hydrogen (secondary N) is 1. The third-order valence-corrected chi connectivity index (χ3v) is 4.54. The summed E-state index contributed by atoms with van der Waals surface area (Å²) < 4.78 is 18.7. The fourth-order valence-corrected chi connectivity index (χ4v) is 3.41. The molecule has 1 unspecified atom stereocenters. The van der Waals surface area contributed by atoms with Gasteiger partial charge in [-0.15, -0.1) is 11.3 Å². The molecular formula is C15H17FN2OS. The van der Waals surface area contributed by atoms with Crippen molar-refractivity contribution in [1.29, 1.82) is 0 Å². The number of hydrogen-bond acceptors (Lipinski definition) is 4. The zero-order valence-corrected chi connectivity index (χ0v) is 12.2. The van der Waals surface area contributed by atoms with E-state index in [1.54, 1.807) is 17.4 Å². The van der Waals surface area contributed by atoms with E-state index in [4.69, 9.17) is 4.74 Å². The second-order valence-corrected chi connectivity index (χ2v) is 5.81. The molecule has 1 N–H and O–H groups in total. The molecule has 1 aromatic carbocycles. The molecule has 3 nitrogen and oxygen atoms in total. The zero-order chi connectivity index (χ0) is 13.9. The van der Waals surface area contributed by atoms with Gasteiger partial charge < -0.3 is 10.1 Å². The maximum atomic E-state index is 13.7. The number of thiazole rings is 1. The van der Waals surface area contributed by atoms with Crippen molar-refractivity contribution in [1.82, 2.24) is 10.3 Å². The predicted octanol–water partition coefficient (Wildman–Crippen LogP) is 3.77. The van der Waals surface area contributed by atoms with Crippen molar-refractivity contribution in [2.24, 2.45) is 0 Å². The van der Waals surface area contributed by atoms with E-state index >= 15 is 0 Å². The summed E-state index contributed by atoms with van der Waals surface area (Å²) in [5, 5.41) is 6.57. The van der Waals surface area contributed by atoms with Crippen molar-refractivity contribution in [2.45, 2.75) is 25.3 Å². The second-order valence-electron chi connectivity index (χ2n) is 4.92. The largest absolute Gasteiger partial charge is 0.494 e. The highest BCUT2D eigenvalue weighted by Crippen LogP contribution is 2.31. The molecule has 0 radical (unpaired) electrons. The van der Waals surface area contributed by atoms with Crippen LogP contribution in [-0.4, -0.2) is 18.6 Å². The van der Waals surface area contributed by atoms with Gasteiger partial charge in [-0.25, -0.2) is 9.37 Å². The summed E-state index contributed by atoms with van der Waals surface area (Å²) in [7, 11) is 1.47. The fourth-order valence-electron chi connectivity index (χ4n) is 2.47. The first-order chi connectivity index (χ1) is 9.78. The van der Waals surface area contributed by atoms with E-state index < -0.39 is 0 Å². The number of benzene rings is 1. The van der Waals surface area contributed by atoms with E-state index in [9.17, 15) is 4.39 Å². The molecule has 106 valence electrons. The fraction of sp³-hybridized carbons (Fsp3) is 0.400. The van der Waals surface area contributed by atoms with E-state index in [0.717, 1.165) is 29.2 Å². The Morgan fingerprint density at radius 2 is 2.30 bits per heavy atom. The van der Waals surface area contributed by atoms with Crippen LogP contribution < -0.4 is 10.1 Å². The number of halogens is 1. The molecule has 20 heavy (non-hydrogen) atoms. The van der Waals surface area contributed by atoms with Gasteiger partial charge in [0, 0.05) is 10.9 Å². The van der Waals surface area contributed by atoms with Crippen LogP contribution in [0.5, 0.6) is 5.75 Å². The number of nitrogens with zero attached hydrogens (tertiary/aromatic N) is 1. The minimum absolute atomic E-state index is 0.262. The van der Waals surface area contributed by atoms with Crippen molar-refractivity contribution < 1.29 is 9.13 Å². The highest BCUT2D eigenvalue weighted by atomic mass is 32.1. The van der Waals surface area contributed by atoms with Crippen LogP contribution in [0.1, 0.15) is 30.3 Å². The third kappa shape index (κ3) is 2.69. The molecule has 1 atom stereocenters. The standard InChI is InChI=1S/C15H17FN2OS/c1-19-14-6-5-10(8-11(14)16)13-9-20-15(18-13)12-4-2-3-7-17-12/h5-6,8-9,12,17H,2-4,7H2,1H3. The molecule has 2 aromatic rings. The molecule has 0 saturated carbocycles. The Hall–Kier alpha value is -1.46. The molecule has 1 aliphatic heterocycles. The maximum absolute atomic E-state index is 13.7. The molecule has 1 aliphatic rings. The number of rotatable bonds is 3. The molecule has 0 amide bonds. The van der Waals surface area contributed by atoms with E-state index in [1.807, 2.05) is 11.4 Å². The zero-order valence-electron chi connectivity index (χ0n) is 11.4. The quantitative estimate of drug-likeness (QED) is 0.935. The molecule has 1 fully saturated rings. The van der Waals surface area contributed by atoms with E-state index in [1.165, 1.54) is 26.0 Å². The summed E-state index contributed by atoms with van der Waals surface area (Å²) in [4.78, 5) is 4.65. The molecule has 2 heterocycles. The maximum Gasteiger partial charge on any atom is 0.165 e. The van der Waals surface area contributed by atoms with Crippen molar-refractivity contribution >= 4 is 11.3 Å². The third-order valence-electron chi connectivity index (χ3n) is 3.58. The van der Waals surface area contributed by atoms with Crippen molar-refractivity contribution in [3.8, 4) is 17.0 Å². The lowest BCUT2D eigenvalue weighted by molar-refractivity contribution is 0.386. The second kappa shape index (κ2) is 5.89. The van der Waals surface area contributed by atoms with Crippen LogP contribution in [-0.2, 0) is 0 Å². The smallest absolute Gasteiger partial charge is 0.165 e. The van der Waals surface area contributed by atoms with Gasteiger partial charge in [0.2, 0.25) is 0 Å². The van der Waals surface area contributed by atoms with Crippen LogP contribution >= 0.6 is 11.3 Å². The molecule has 5 heteroatoms. The molecule has 3 rings (SSSR count). The van der Waals surface area contributed by atoms with Gasteiger partial charge in [0.25, 0.3) is 0 Å². The summed E-state index contributed by atoms with van der Waals surface area (Å²) in [6.45, 7) is 1.05. The van der Waals surface area contributed by atoms with Gasteiger partial charge in [-0.1, -0.05) is 6.42 Å². The SMILES string of the molecule is COc1ccc(-c2csc(C3CCCCN3)n2)cc1F. The van der Waals surface area contributed by atoms with Crippen LogP contribution in [0, 0.1) is 5.82 Å². The first kappa shape index (κ1) is 13.5. The van der Waals surface area contributed by atoms with Crippen LogP contribution in [0.15, 0.2) is 23.6 Å². The van der Waals surface area contributed by atoms with Gasteiger partial charge in [-0.05, 0) is 37.6 Å². The lowest BCUT2D eigenvalue weighted by Crippen LogP contribution is -2.26. The van der Waals surface area contributed by atoms with Gasteiger partial charge in [0.15, 0.2) is 11.6 Å². The Balaban J connectivity index is 1.84. The van der Waals surface area contributed by atoms with Crippen molar-refractivity contribution in [3.63, 3.8) is 0 Å². The predicted molar refractivity (Wildman–Crippen MR) is 78.7 cm³/mol. The lowest BCUT2D eigenvalue weighted by Gasteiger charge is -2.21. The molecule has 1 saturated heterocycles. The monoisotopic (exact) mass is 292 g/mol. The summed E-state index contributed by atoms with van der Waals surface area (Å²) >= 11 is 1.64. The average Bonchev–Trinajstić information content (AvgIpc) is 2.98.